The summed E-state index contributed by atoms with van der Waals surface area (Å²) >= 11 is 0. The first kappa shape index (κ1) is 20.0. The maximum absolute atomic E-state index is 2.54. The summed E-state index contributed by atoms with van der Waals surface area (Å²) in [4.78, 5) is 0. The second-order valence-corrected chi connectivity index (χ2v) is 8.38. The Bertz CT molecular complexity index is 228. The van der Waals surface area contributed by atoms with Crippen molar-refractivity contribution in [3.63, 3.8) is 0 Å². The molecule has 0 heterocycles. The van der Waals surface area contributed by atoms with Crippen LogP contribution in [0.3, 0.4) is 0 Å². The zero-order valence-corrected chi connectivity index (χ0v) is 15.8. The molecule has 0 aromatic heterocycles. The van der Waals surface area contributed by atoms with E-state index in [1.54, 1.807) is 0 Å². The summed E-state index contributed by atoms with van der Waals surface area (Å²) in [5.74, 6) is 3.44. The third-order valence-corrected chi connectivity index (χ3v) is 5.73. The highest BCUT2D eigenvalue weighted by Gasteiger charge is 2.32. The molecule has 0 aromatic rings. The minimum absolute atomic E-state index is 0.548. The first-order valence-electron chi connectivity index (χ1n) is 9.23. The van der Waals surface area contributed by atoms with Gasteiger partial charge < -0.3 is 0 Å². The standard InChI is InChI=1S/C20H42/c1-9-20(8,15-11-13-17(4)5)19(7)18(6)14-10-12-16(2)3/h16-19H,9-15H2,1-8H3. The molecule has 0 aliphatic heterocycles. The Balaban J connectivity index is 4.30. The van der Waals surface area contributed by atoms with E-state index in [-0.39, 0.29) is 0 Å². The third kappa shape index (κ3) is 7.70. The van der Waals surface area contributed by atoms with E-state index in [1.165, 1.54) is 44.9 Å². The fourth-order valence-corrected chi connectivity index (χ4v) is 3.43. The van der Waals surface area contributed by atoms with Crippen LogP contribution in [0.2, 0.25) is 0 Å². The number of hydrogen-bond acceptors (Lipinski definition) is 0. The maximum Gasteiger partial charge on any atom is -0.0300 e. The Labute approximate surface area is 130 Å². The van der Waals surface area contributed by atoms with E-state index in [0.29, 0.717) is 5.41 Å². The normalized spacial score (nSPS) is 18.3. The van der Waals surface area contributed by atoms with Crippen LogP contribution in [0, 0.1) is 29.1 Å². The van der Waals surface area contributed by atoms with Crippen LogP contribution in [-0.2, 0) is 0 Å². The first-order chi connectivity index (χ1) is 9.23. The fourth-order valence-electron chi connectivity index (χ4n) is 3.43. The second kappa shape index (κ2) is 9.85. The molecule has 0 nitrogen and oxygen atoms in total. The van der Waals surface area contributed by atoms with Crippen LogP contribution >= 0.6 is 0 Å². The van der Waals surface area contributed by atoms with Crippen molar-refractivity contribution in [3.05, 3.63) is 0 Å². The van der Waals surface area contributed by atoms with E-state index in [0.717, 1.165) is 23.7 Å². The van der Waals surface area contributed by atoms with Crippen LogP contribution in [-0.4, -0.2) is 0 Å². The lowest BCUT2D eigenvalue weighted by Crippen LogP contribution is -2.29. The minimum Gasteiger partial charge on any atom is -0.0649 e. The largest absolute Gasteiger partial charge is 0.0649 e. The molecule has 20 heavy (non-hydrogen) atoms. The van der Waals surface area contributed by atoms with E-state index in [2.05, 4.69) is 55.4 Å². The number of hydrogen-bond donors (Lipinski definition) is 0. The van der Waals surface area contributed by atoms with E-state index in [9.17, 15) is 0 Å². The molecule has 0 aliphatic rings. The van der Waals surface area contributed by atoms with Gasteiger partial charge in [-0.2, -0.15) is 0 Å². The molecule has 0 saturated heterocycles. The number of rotatable bonds is 11. The van der Waals surface area contributed by atoms with Crippen molar-refractivity contribution in [2.75, 3.05) is 0 Å². The molecule has 0 heteroatoms. The van der Waals surface area contributed by atoms with Gasteiger partial charge >= 0.3 is 0 Å². The molecule has 122 valence electrons. The van der Waals surface area contributed by atoms with Crippen molar-refractivity contribution in [2.45, 2.75) is 100 Å². The van der Waals surface area contributed by atoms with Crippen molar-refractivity contribution < 1.29 is 0 Å². The van der Waals surface area contributed by atoms with Crippen molar-refractivity contribution >= 4 is 0 Å². The predicted octanol–water partition coefficient (Wildman–Crippen LogP) is 7.33. The van der Waals surface area contributed by atoms with Gasteiger partial charge in [-0.1, -0.05) is 93.9 Å². The molecule has 0 amide bonds. The highest BCUT2D eigenvalue weighted by Crippen LogP contribution is 2.42. The highest BCUT2D eigenvalue weighted by atomic mass is 14.4. The van der Waals surface area contributed by atoms with Gasteiger partial charge in [-0.05, 0) is 35.5 Å². The van der Waals surface area contributed by atoms with Crippen molar-refractivity contribution in [3.8, 4) is 0 Å². The van der Waals surface area contributed by atoms with E-state index in [4.69, 9.17) is 0 Å². The molecule has 0 radical (unpaired) electrons. The van der Waals surface area contributed by atoms with Crippen molar-refractivity contribution in [2.24, 2.45) is 29.1 Å². The van der Waals surface area contributed by atoms with E-state index < -0.39 is 0 Å². The van der Waals surface area contributed by atoms with Crippen LogP contribution in [0.4, 0.5) is 0 Å². The molecule has 0 bridgehead atoms. The molecule has 0 aromatic carbocycles. The van der Waals surface area contributed by atoms with Gasteiger partial charge in [0.05, 0.1) is 0 Å². The monoisotopic (exact) mass is 282 g/mol. The lowest BCUT2D eigenvalue weighted by atomic mass is 9.66. The van der Waals surface area contributed by atoms with Gasteiger partial charge in [0, 0.05) is 0 Å². The van der Waals surface area contributed by atoms with Gasteiger partial charge in [0.15, 0.2) is 0 Å². The topological polar surface area (TPSA) is 0 Å². The van der Waals surface area contributed by atoms with Gasteiger partial charge in [-0.15, -0.1) is 0 Å². The van der Waals surface area contributed by atoms with Crippen LogP contribution in [0.5, 0.6) is 0 Å². The van der Waals surface area contributed by atoms with Gasteiger partial charge in [-0.3, -0.25) is 0 Å². The summed E-state index contributed by atoms with van der Waals surface area (Å²) in [6.45, 7) is 19.3. The molecule has 0 fully saturated rings. The fraction of sp³-hybridized carbons (Fsp3) is 1.00. The molecule has 3 atom stereocenters. The Morgan fingerprint density at radius 1 is 0.750 bits per heavy atom. The second-order valence-electron chi connectivity index (χ2n) is 8.38. The van der Waals surface area contributed by atoms with E-state index in [1.807, 2.05) is 0 Å². The maximum atomic E-state index is 2.54. The van der Waals surface area contributed by atoms with E-state index >= 15 is 0 Å². The predicted molar refractivity (Wildman–Crippen MR) is 94.1 cm³/mol. The quantitative estimate of drug-likeness (QED) is 0.372. The zero-order chi connectivity index (χ0) is 15.8. The summed E-state index contributed by atoms with van der Waals surface area (Å²) in [5, 5.41) is 0. The Morgan fingerprint density at radius 2 is 1.25 bits per heavy atom. The molecular weight excluding hydrogens is 240 g/mol. The molecule has 0 spiro atoms. The van der Waals surface area contributed by atoms with Crippen LogP contribution in [0.1, 0.15) is 100 Å². The average molecular weight is 283 g/mol. The highest BCUT2D eigenvalue weighted by molar-refractivity contribution is 4.82. The summed E-state index contributed by atoms with van der Waals surface area (Å²) < 4.78 is 0. The summed E-state index contributed by atoms with van der Waals surface area (Å²) in [6, 6.07) is 0. The zero-order valence-electron chi connectivity index (χ0n) is 15.8. The van der Waals surface area contributed by atoms with Crippen LogP contribution in [0.25, 0.3) is 0 Å². The Kier molecular flexibility index (Phi) is 9.85. The summed E-state index contributed by atoms with van der Waals surface area (Å²) in [6.07, 6.45) is 9.77. The smallest absolute Gasteiger partial charge is 0.0300 e. The molecular formula is C20H42. The molecule has 0 aliphatic carbocycles. The average Bonchev–Trinajstić information content (AvgIpc) is 2.36. The van der Waals surface area contributed by atoms with Crippen LogP contribution < -0.4 is 0 Å². The molecule has 3 unspecified atom stereocenters. The van der Waals surface area contributed by atoms with Crippen molar-refractivity contribution in [1.82, 2.24) is 0 Å². The summed E-state index contributed by atoms with van der Waals surface area (Å²) in [5.41, 5.74) is 0.548. The van der Waals surface area contributed by atoms with Gasteiger partial charge in [-0.25, -0.2) is 0 Å². The molecule has 0 N–H and O–H groups in total. The summed E-state index contributed by atoms with van der Waals surface area (Å²) in [7, 11) is 0. The SMILES string of the molecule is CCC(C)(CCCC(C)C)C(C)C(C)CCCC(C)C. The van der Waals surface area contributed by atoms with Gasteiger partial charge in [0.25, 0.3) is 0 Å². The first-order valence-corrected chi connectivity index (χ1v) is 9.23. The third-order valence-electron chi connectivity index (χ3n) is 5.73. The van der Waals surface area contributed by atoms with Crippen molar-refractivity contribution in [1.29, 1.82) is 0 Å². The molecule has 0 saturated carbocycles. The van der Waals surface area contributed by atoms with Gasteiger partial charge in [0.1, 0.15) is 0 Å². The lowest BCUT2D eigenvalue weighted by Gasteiger charge is -2.39. The molecule has 0 rings (SSSR count). The Hall–Kier alpha value is 0. The van der Waals surface area contributed by atoms with Gasteiger partial charge in [0.2, 0.25) is 0 Å². The Morgan fingerprint density at radius 3 is 1.70 bits per heavy atom. The minimum atomic E-state index is 0.548. The van der Waals surface area contributed by atoms with Crippen LogP contribution in [0.15, 0.2) is 0 Å². The lowest BCUT2D eigenvalue weighted by molar-refractivity contribution is 0.112.